The first kappa shape index (κ1) is 11.6. The van der Waals surface area contributed by atoms with Gasteiger partial charge in [0.1, 0.15) is 0 Å². The summed E-state index contributed by atoms with van der Waals surface area (Å²) in [5, 5.41) is 8.24. The Kier molecular flexibility index (Phi) is 2.88. The number of hydrogen-bond donors (Lipinski definition) is 2. The molecule has 4 nitrogen and oxygen atoms in total. The molecular formula is C13H17N3O. The summed E-state index contributed by atoms with van der Waals surface area (Å²) < 4.78 is 0. The third-order valence-electron chi connectivity index (χ3n) is 2.80. The molecule has 0 unspecified atom stereocenters. The molecule has 0 saturated carbocycles. The highest BCUT2D eigenvalue weighted by atomic mass is 16.1. The standard InChI is InChI=1S/C13H17N3O/c1-7(2)4-12-10-5-9(8(3)17)11(14)6-13(10)16-15-12/h5-7H,4,14H2,1-3H3,(H,15,16). The molecule has 0 amide bonds. The number of carbonyl (C=O) groups is 1. The molecule has 90 valence electrons. The van der Waals surface area contributed by atoms with Crippen LogP contribution in [0.5, 0.6) is 0 Å². The Morgan fingerprint density at radius 1 is 1.47 bits per heavy atom. The number of nitrogens with one attached hydrogen (secondary N) is 1. The second kappa shape index (κ2) is 4.20. The van der Waals surface area contributed by atoms with Gasteiger partial charge in [0.15, 0.2) is 5.78 Å². The van der Waals surface area contributed by atoms with Crippen LogP contribution in [0.4, 0.5) is 5.69 Å². The smallest absolute Gasteiger partial charge is 0.161 e. The van der Waals surface area contributed by atoms with Crippen LogP contribution in [0.3, 0.4) is 0 Å². The molecule has 0 radical (unpaired) electrons. The van der Waals surface area contributed by atoms with Crippen molar-refractivity contribution in [3.8, 4) is 0 Å². The fourth-order valence-electron chi connectivity index (χ4n) is 2.00. The molecule has 17 heavy (non-hydrogen) atoms. The van der Waals surface area contributed by atoms with E-state index in [1.54, 1.807) is 6.07 Å². The van der Waals surface area contributed by atoms with Crippen molar-refractivity contribution in [2.24, 2.45) is 5.92 Å². The van der Waals surface area contributed by atoms with E-state index in [1.165, 1.54) is 6.92 Å². The first-order chi connectivity index (χ1) is 7.99. The SMILES string of the molecule is CC(=O)c1cc2c(CC(C)C)[nH]nc2cc1N. The van der Waals surface area contributed by atoms with Gasteiger partial charge in [-0.15, -0.1) is 0 Å². The summed E-state index contributed by atoms with van der Waals surface area (Å²) in [6.45, 7) is 5.82. The molecule has 0 aliphatic carbocycles. The summed E-state index contributed by atoms with van der Waals surface area (Å²) in [5.74, 6) is 0.526. The van der Waals surface area contributed by atoms with Gasteiger partial charge in [-0.2, -0.15) is 5.10 Å². The van der Waals surface area contributed by atoms with Crippen LogP contribution in [0.25, 0.3) is 10.9 Å². The van der Waals surface area contributed by atoms with Crippen LogP contribution in [0, 0.1) is 5.92 Å². The number of fused-ring (bicyclic) bond motifs is 1. The average Bonchev–Trinajstić information content (AvgIpc) is 2.58. The number of ketones is 1. The summed E-state index contributed by atoms with van der Waals surface area (Å²) in [5.41, 5.74) is 8.78. The Hall–Kier alpha value is -1.84. The molecule has 1 heterocycles. The van der Waals surface area contributed by atoms with Crippen LogP contribution in [-0.2, 0) is 6.42 Å². The molecule has 1 aromatic heterocycles. The van der Waals surface area contributed by atoms with Crippen molar-refractivity contribution in [2.45, 2.75) is 27.2 Å². The molecule has 1 aromatic carbocycles. The Bertz CT molecular complexity index is 569. The fourth-order valence-corrected chi connectivity index (χ4v) is 2.00. The minimum Gasteiger partial charge on any atom is -0.398 e. The lowest BCUT2D eigenvalue weighted by Gasteiger charge is -2.04. The van der Waals surface area contributed by atoms with Crippen molar-refractivity contribution in [2.75, 3.05) is 5.73 Å². The minimum absolute atomic E-state index is 0.0129. The molecule has 3 N–H and O–H groups in total. The van der Waals surface area contributed by atoms with E-state index in [0.29, 0.717) is 17.2 Å². The van der Waals surface area contributed by atoms with Gasteiger partial charge < -0.3 is 5.73 Å². The Balaban J connectivity index is 2.59. The molecule has 2 aromatic rings. The molecule has 2 rings (SSSR count). The van der Waals surface area contributed by atoms with E-state index in [4.69, 9.17) is 5.73 Å². The van der Waals surface area contributed by atoms with Gasteiger partial charge in [-0.3, -0.25) is 9.89 Å². The lowest BCUT2D eigenvalue weighted by atomic mass is 10.0. The maximum absolute atomic E-state index is 11.5. The van der Waals surface area contributed by atoms with E-state index < -0.39 is 0 Å². The molecule has 0 saturated heterocycles. The zero-order valence-corrected chi connectivity index (χ0v) is 10.4. The van der Waals surface area contributed by atoms with Crippen molar-refractivity contribution in [3.05, 3.63) is 23.4 Å². The van der Waals surface area contributed by atoms with Crippen molar-refractivity contribution in [1.29, 1.82) is 0 Å². The lowest BCUT2D eigenvalue weighted by Crippen LogP contribution is -2.00. The van der Waals surface area contributed by atoms with Gasteiger partial charge in [0.05, 0.1) is 5.52 Å². The largest absolute Gasteiger partial charge is 0.398 e. The van der Waals surface area contributed by atoms with Gasteiger partial charge in [0, 0.05) is 22.3 Å². The second-order valence-corrected chi connectivity index (χ2v) is 4.81. The third-order valence-corrected chi connectivity index (χ3v) is 2.80. The number of anilines is 1. The highest BCUT2D eigenvalue weighted by Crippen LogP contribution is 2.24. The van der Waals surface area contributed by atoms with Crippen molar-refractivity contribution in [3.63, 3.8) is 0 Å². The van der Waals surface area contributed by atoms with Gasteiger partial charge >= 0.3 is 0 Å². The predicted molar refractivity (Wildman–Crippen MR) is 69.1 cm³/mol. The van der Waals surface area contributed by atoms with Crippen LogP contribution in [0.2, 0.25) is 0 Å². The van der Waals surface area contributed by atoms with Crippen LogP contribution in [0.15, 0.2) is 12.1 Å². The molecule has 4 heteroatoms. The zero-order valence-electron chi connectivity index (χ0n) is 10.4. The monoisotopic (exact) mass is 231 g/mol. The van der Waals surface area contributed by atoms with Crippen LogP contribution in [-0.4, -0.2) is 16.0 Å². The van der Waals surface area contributed by atoms with E-state index in [-0.39, 0.29) is 5.78 Å². The summed E-state index contributed by atoms with van der Waals surface area (Å²) in [7, 11) is 0. The predicted octanol–water partition coefficient (Wildman–Crippen LogP) is 2.55. The molecule has 0 bridgehead atoms. The summed E-state index contributed by atoms with van der Waals surface area (Å²) in [6.07, 6.45) is 0.914. The molecule has 0 fully saturated rings. The van der Waals surface area contributed by atoms with E-state index >= 15 is 0 Å². The van der Waals surface area contributed by atoms with E-state index in [9.17, 15) is 4.79 Å². The second-order valence-electron chi connectivity index (χ2n) is 4.81. The number of nitrogens with two attached hydrogens (primary N) is 1. The number of nitrogen functional groups attached to an aromatic ring is 1. The number of carbonyl (C=O) groups excluding carboxylic acids is 1. The van der Waals surface area contributed by atoms with E-state index in [0.717, 1.165) is 23.0 Å². The van der Waals surface area contributed by atoms with Crippen LogP contribution < -0.4 is 5.73 Å². The van der Waals surface area contributed by atoms with Gasteiger partial charge in [0.25, 0.3) is 0 Å². The van der Waals surface area contributed by atoms with Crippen LogP contribution >= 0.6 is 0 Å². The molecule has 0 spiro atoms. The molecule has 0 aliphatic heterocycles. The minimum atomic E-state index is -0.0129. The Labute approximate surface area is 100 Å². The topological polar surface area (TPSA) is 71.8 Å². The average molecular weight is 231 g/mol. The summed E-state index contributed by atoms with van der Waals surface area (Å²) in [6, 6.07) is 3.60. The van der Waals surface area contributed by atoms with Crippen molar-refractivity contribution in [1.82, 2.24) is 10.2 Å². The van der Waals surface area contributed by atoms with Gasteiger partial charge in [-0.05, 0) is 31.4 Å². The number of H-pyrrole nitrogens is 1. The van der Waals surface area contributed by atoms with Crippen LogP contribution in [0.1, 0.15) is 36.8 Å². The van der Waals surface area contributed by atoms with Gasteiger partial charge in [0.2, 0.25) is 0 Å². The van der Waals surface area contributed by atoms with E-state index in [2.05, 4.69) is 24.0 Å². The Morgan fingerprint density at radius 2 is 2.18 bits per heavy atom. The zero-order chi connectivity index (χ0) is 12.6. The van der Waals surface area contributed by atoms with Gasteiger partial charge in [-0.25, -0.2) is 0 Å². The maximum atomic E-state index is 11.5. The number of rotatable bonds is 3. The summed E-state index contributed by atoms with van der Waals surface area (Å²) >= 11 is 0. The fraction of sp³-hybridized carbons (Fsp3) is 0.385. The number of Topliss-reactive ketones (excluding diaryl/α,β-unsaturated/α-hetero) is 1. The lowest BCUT2D eigenvalue weighted by molar-refractivity contribution is 0.101. The first-order valence-electron chi connectivity index (χ1n) is 5.76. The van der Waals surface area contributed by atoms with Gasteiger partial charge in [-0.1, -0.05) is 13.8 Å². The highest BCUT2D eigenvalue weighted by Gasteiger charge is 2.12. The number of benzene rings is 1. The number of aromatic nitrogens is 2. The highest BCUT2D eigenvalue weighted by molar-refractivity contribution is 6.03. The quantitative estimate of drug-likeness (QED) is 0.630. The van der Waals surface area contributed by atoms with Crippen molar-refractivity contribution < 1.29 is 4.79 Å². The normalized spacial score (nSPS) is 11.3. The molecule has 0 aliphatic rings. The summed E-state index contributed by atoms with van der Waals surface area (Å²) in [4.78, 5) is 11.5. The molecular weight excluding hydrogens is 214 g/mol. The van der Waals surface area contributed by atoms with E-state index in [1.807, 2.05) is 6.07 Å². The van der Waals surface area contributed by atoms with Crippen molar-refractivity contribution >= 4 is 22.4 Å². The Morgan fingerprint density at radius 3 is 2.76 bits per heavy atom. The molecule has 0 atom stereocenters. The number of aromatic amines is 1. The number of hydrogen-bond acceptors (Lipinski definition) is 3. The third kappa shape index (κ3) is 2.16. The number of nitrogens with zero attached hydrogens (tertiary/aromatic N) is 1. The maximum Gasteiger partial charge on any atom is 0.161 e. The first-order valence-corrected chi connectivity index (χ1v) is 5.76.